The molecule has 1 aromatic heterocycles. The Bertz CT molecular complexity index is 395. The van der Waals surface area contributed by atoms with Crippen LogP contribution in [0.15, 0.2) is 24.4 Å². The Morgan fingerprint density at radius 1 is 1.25 bits per heavy atom. The number of hydrogen-bond donors (Lipinski definition) is 0. The van der Waals surface area contributed by atoms with Gasteiger partial charge in [0, 0.05) is 18.8 Å². The Morgan fingerprint density at radius 2 is 2.15 bits per heavy atom. The summed E-state index contributed by atoms with van der Waals surface area (Å²) in [5.41, 5.74) is 1.04. The van der Waals surface area contributed by atoms with Crippen molar-refractivity contribution in [2.75, 3.05) is 24.6 Å². The number of thioether (sulfide) groups is 1. The highest BCUT2D eigenvalue weighted by Crippen LogP contribution is 2.25. The van der Waals surface area contributed by atoms with Gasteiger partial charge in [0.25, 0.3) is 0 Å². The van der Waals surface area contributed by atoms with Crippen LogP contribution in [-0.4, -0.2) is 46.6 Å². The molecule has 2 saturated heterocycles. The van der Waals surface area contributed by atoms with Crippen molar-refractivity contribution in [2.45, 2.75) is 44.4 Å². The summed E-state index contributed by atoms with van der Waals surface area (Å²) in [5.74, 6) is 2.67. The maximum atomic E-state index is 6.08. The lowest BCUT2D eigenvalue weighted by Crippen LogP contribution is -2.46. The smallest absolute Gasteiger partial charge is 0.0892 e. The lowest BCUT2D eigenvalue weighted by Gasteiger charge is -2.39. The second kappa shape index (κ2) is 7.43. The van der Waals surface area contributed by atoms with Crippen molar-refractivity contribution in [1.29, 1.82) is 0 Å². The third kappa shape index (κ3) is 3.96. The summed E-state index contributed by atoms with van der Waals surface area (Å²) < 4.78 is 6.08. The van der Waals surface area contributed by atoms with Crippen molar-refractivity contribution in [3.63, 3.8) is 0 Å². The molecule has 2 aliphatic heterocycles. The van der Waals surface area contributed by atoms with Gasteiger partial charge in [0.2, 0.25) is 0 Å². The Balaban J connectivity index is 1.47. The van der Waals surface area contributed by atoms with Crippen molar-refractivity contribution < 1.29 is 4.74 Å². The van der Waals surface area contributed by atoms with E-state index in [1.165, 1.54) is 43.7 Å². The first-order valence-corrected chi connectivity index (χ1v) is 8.90. The molecule has 2 aliphatic rings. The fourth-order valence-electron chi connectivity index (χ4n) is 3.17. The van der Waals surface area contributed by atoms with E-state index in [2.05, 4.69) is 21.6 Å². The van der Waals surface area contributed by atoms with Crippen LogP contribution in [0.1, 0.15) is 31.4 Å². The highest BCUT2D eigenvalue weighted by Gasteiger charge is 2.27. The van der Waals surface area contributed by atoms with E-state index in [1.807, 2.05) is 24.4 Å². The zero-order chi connectivity index (χ0) is 13.6. The first-order chi connectivity index (χ1) is 9.92. The van der Waals surface area contributed by atoms with Crippen molar-refractivity contribution in [2.24, 2.45) is 0 Å². The van der Waals surface area contributed by atoms with Crippen LogP contribution in [0, 0.1) is 0 Å². The minimum Gasteiger partial charge on any atom is -0.371 e. The standard InChI is InChI=1S/C16H24N2OS/c1-2-8-17-14(4-1)13-19-16-5-3-9-18(12-16)15-6-10-20-11-7-15/h1-2,4,8,15-16H,3,5-7,9-13H2/t16-/m1/s1. The molecule has 1 aromatic rings. The molecule has 0 bridgehead atoms. The number of likely N-dealkylation sites (tertiary alicyclic amines) is 1. The van der Waals surface area contributed by atoms with E-state index in [1.54, 1.807) is 0 Å². The number of aromatic nitrogens is 1. The fourth-order valence-corrected chi connectivity index (χ4v) is 4.25. The van der Waals surface area contributed by atoms with E-state index in [9.17, 15) is 0 Å². The van der Waals surface area contributed by atoms with E-state index in [0.717, 1.165) is 18.3 Å². The molecule has 110 valence electrons. The predicted molar refractivity (Wildman–Crippen MR) is 84.0 cm³/mol. The Labute approximate surface area is 126 Å². The van der Waals surface area contributed by atoms with E-state index in [0.29, 0.717) is 12.7 Å². The minimum atomic E-state index is 0.389. The lowest BCUT2D eigenvalue weighted by atomic mass is 10.0. The second-order valence-corrected chi connectivity index (χ2v) is 6.96. The molecule has 20 heavy (non-hydrogen) atoms. The number of rotatable bonds is 4. The van der Waals surface area contributed by atoms with Gasteiger partial charge >= 0.3 is 0 Å². The predicted octanol–water partition coefficient (Wildman–Crippen LogP) is 2.96. The summed E-state index contributed by atoms with van der Waals surface area (Å²) in [6, 6.07) is 6.82. The first-order valence-electron chi connectivity index (χ1n) is 7.75. The third-order valence-corrected chi connectivity index (χ3v) is 5.36. The van der Waals surface area contributed by atoms with Crippen molar-refractivity contribution in [1.82, 2.24) is 9.88 Å². The molecule has 3 rings (SSSR count). The van der Waals surface area contributed by atoms with Crippen LogP contribution in [0.5, 0.6) is 0 Å². The quantitative estimate of drug-likeness (QED) is 0.852. The van der Waals surface area contributed by atoms with Crippen LogP contribution in [0.25, 0.3) is 0 Å². The van der Waals surface area contributed by atoms with Gasteiger partial charge in [0.05, 0.1) is 18.4 Å². The van der Waals surface area contributed by atoms with Crippen LogP contribution >= 0.6 is 11.8 Å². The molecular weight excluding hydrogens is 268 g/mol. The molecule has 1 atom stereocenters. The Kier molecular flexibility index (Phi) is 5.34. The largest absolute Gasteiger partial charge is 0.371 e. The van der Waals surface area contributed by atoms with E-state index >= 15 is 0 Å². The zero-order valence-electron chi connectivity index (χ0n) is 12.0. The number of piperidine rings is 1. The molecule has 0 spiro atoms. The van der Waals surface area contributed by atoms with Gasteiger partial charge in [0.1, 0.15) is 0 Å². The fraction of sp³-hybridized carbons (Fsp3) is 0.688. The lowest BCUT2D eigenvalue weighted by molar-refractivity contribution is -0.0234. The van der Waals surface area contributed by atoms with Gasteiger partial charge in [-0.05, 0) is 55.9 Å². The summed E-state index contributed by atoms with van der Waals surface area (Å²) in [5, 5.41) is 0. The van der Waals surface area contributed by atoms with E-state index in [-0.39, 0.29) is 0 Å². The molecule has 3 heterocycles. The van der Waals surface area contributed by atoms with Crippen LogP contribution in [0.4, 0.5) is 0 Å². The number of nitrogens with zero attached hydrogens (tertiary/aromatic N) is 2. The van der Waals surface area contributed by atoms with Crippen molar-refractivity contribution in [3.8, 4) is 0 Å². The molecule has 0 unspecified atom stereocenters. The Morgan fingerprint density at radius 3 is 2.95 bits per heavy atom. The minimum absolute atomic E-state index is 0.389. The van der Waals surface area contributed by atoms with E-state index < -0.39 is 0 Å². The SMILES string of the molecule is c1ccc(CO[C@@H]2CCCN(C3CCSCC3)C2)nc1. The van der Waals surface area contributed by atoms with Gasteiger partial charge in [-0.2, -0.15) is 11.8 Å². The highest BCUT2D eigenvalue weighted by molar-refractivity contribution is 7.99. The molecular formula is C16H24N2OS. The van der Waals surface area contributed by atoms with Crippen molar-refractivity contribution >= 4 is 11.8 Å². The summed E-state index contributed by atoms with van der Waals surface area (Å²) in [7, 11) is 0. The molecule has 0 aromatic carbocycles. The molecule has 0 radical (unpaired) electrons. The normalized spacial score (nSPS) is 25.7. The molecule has 0 aliphatic carbocycles. The van der Waals surface area contributed by atoms with Crippen LogP contribution in [0.2, 0.25) is 0 Å². The molecule has 3 nitrogen and oxygen atoms in total. The van der Waals surface area contributed by atoms with Gasteiger partial charge in [-0.3, -0.25) is 9.88 Å². The summed E-state index contributed by atoms with van der Waals surface area (Å²) >= 11 is 2.10. The van der Waals surface area contributed by atoms with Crippen molar-refractivity contribution in [3.05, 3.63) is 30.1 Å². The van der Waals surface area contributed by atoms with Gasteiger partial charge in [-0.25, -0.2) is 0 Å². The van der Waals surface area contributed by atoms with Crippen LogP contribution in [-0.2, 0) is 11.3 Å². The second-order valence-electron chi connectivity index (χ2n) is 5.73. The van der Waals surface area contributed by atoms with Crippen LogP contribution < -0.4 is 0 Å². The topological polar surface area (TPSA) is 25.4 Å². The number of hydrogen-bond acceptors (Lipinski definition) is 4. The summed E-state index contributed by atoms with van der Waals surface area (Å²) in [6.45, 7) is 3.03. The van der Waals surface area contributed by atoms with Gasteiger partial charge in [-0.1, -0.05) is 6.07 Å². The average Bonchev–Trinajstić information content (AvgIpc) is 2.55. The average molecular weight is 292 g/mol. The zero-order valence-corrected chi connectivity index (χ0v) is 12.9. The van der Waals surface area contributed by atoms with Gasteiger partial charge in [-0.15, -0.1) is 0 Å². The molecule has 0 saturated carbocycles. The molecule has 2 fully saturated rings. The summed E-state index contributed by atoms with van der Waals surface area (Å²) in [6.07, 6.45) is 7.42. The molecule has 4 heteroatoms. The third-order valence-electron chi connectivity index (χ3n) is 4.31. The number of ether oxygens (including phenoxy) is 1. The van der Waals surface area contributed by atoms with E-state index in [4.69, 9.17) is 4.74 Å². The van der Waals surface area contributed by atoms with Gasteiger partial charge in [0.15, 0.2) is 0 Å². The van der Waals surface area contributed by atoms with Crippen LogP contribution in [0.3, 0.4) is 0 Å². The first kappa shape index (κ1) is 14.4. The monoisotopic (exact) mass is 292 g/mol. The molecule has 0 N–H and O–H groups in total. The highest BCUT2D eigenvalue weighted by atomic mass is 32.2. The maximum absolute atomic E-state index is 6.08. The molecule has 0 amide bonds. The maximum Gasteiger partial charge on any atom is 0.0892 e. The number of pyridine rings is 1. The Hall–Kier alpha value is -0.580. The van der Waals surface area contributed by atoms with Gasteiger partial charge < -0.3 is 4.74 Å². The summed E-state index contributed by atoms with van der Waals surface area (Å²) in [4.78, 5) is 7.00.